The first-order valence-corrected chi connectivity index (χ1v) is 6.98. The topological polar surface area (TPSA) is 81.4 Å². The molecule has 1 amide bonds. The predicted molar refractivity (Wildman–Crippen MR) is 74.4 cm³/mol. The van der Waals surface area contributed by atoms with Crippen molar-refractivity contribution in [3.63, 3.8) is 0 Å². The van der Waals surface area contributed by atoms with Gasteiger partial charge in [0.2, 0.25) is 5.91 Å². The van der Waals surface area contributed by atoms with Crippen LogP contribution in [0.15, 0.2) is 17.0 Å². The SMILES string of the molecule is COC(=O)CCSc1cc2c(cc1Cl)C(N)C(=O)N2. The lowest BCUT2D eigenvalue weighted by atomic mass is 10.1. The maximum absolute atomic E-state index is 11.4. The van der Waals surface area contributed by atoms with Crippen molar-refractivity contribution in [2.45, 2.75) is 17.4 Å². The van der Waals surface area contributed by atoms with Crippen LogP contribution in [0.5, 0.6) is 0 Å². The van der Waals surface area contributed by atoms with Crippen molar-refractivity contribution in [3.05, 3.63) is 22.7 Å². The van der Waals surface area contributed by atoms with Crippen molar-refractivity contribution >= 4 is 40.9 Å². The maximum atomic E-state index is 11.4. The zero-order valence-electron chi connectivity index (χ0n) is 10.2. The van der Waals surface area contributed by atoms with E-state index in [1.807, 2.05) is 0 Å². The van der Waals surface area contributed by atoms with Crippen molar-refractivity contribution in [2.75, 3.05) is 18.2 Å². The van der Waals surface area contributed by atoms with E-state index in [9.17, 15) is 9.59 Å². The van der Waals surface area contributed by atoms with Gasteiger partial charge in [-0.3, -0.25) is 9.59 Å². The molecule has 1 aliphatic heterocycles. The van der Waals surface area contributed by atoms with Gasteiger partial charge in [-0.25, -0.2) is 0 Å². The van der Waals surface area contributed by atoms with Crippen LogP contribution in [0.25, 0.3) is 0 Å². The third-order valence-corrected chi connectivity index (χ3v) is 4.25. The van der Waals surface area contributed by atoms with Gasteiger partial charge in [0, 0.05) is 21.9 Å². The lowest BCUT2D eigenvalue weighted by Crippen LogP contribution is -2.19. The number of nitrogens with one attached hydrogen (secondary N) is 1. The highest BCUT2D eigenvalue weighted by Crippen LogP contribution is 2.38. The van der Waals surface area contributed by atoms with Crippen LogP contribution in [0.4, 0.5) is 5.69 Å². The highest BCUT2D eigenvalue weighted by atomic mass is 35.5. The number of benzene rings is 1. The van der Waals surface area contributed by atoms with E-state index in [4.69, 9.17) is 17.3 Å². The number of carbonyl (C=O) groups excluding carboxylic acids is 2. The number of fused-ring (bicyclic) bond motifs is 1. The quantitative estimate of drug-likeness (QED) is 0.656. The molecule has 1 aromatic rings. The second-order valence-electron chi connectivity index (χ2n) is 4.01. The zero-order valence-corrected chi connectivity index (χ0v) is 11.8. The number of amides is 1. The molecule has 5 nitrogen and oxygen atoms in total. The van der Waals surface area contributed by atoms with Gasteiger partial charge in [-0.1, -0.05) is 11.6 Å². The van der Waals surface area contributed by atoms with Gasteiger partial charge in [-0.05, 0) is 12.1 Å². The number of halogens is 1. The average Bonchev–Trinajstić information content (AvgIpc) is 2.65. The second-order valence-corrected chi connectivity index (χ2v) is 5.56. The summed E-state index contributed by atoms with van der Waals surface area (Å²) in [5, 5.41) is 3.23. The third kappa shape index (κ3) is 3.02. The van der Waals surface area contributed by atoms with Gasteiger partial charge in [-0.2, -0.15) is 0 Å². The summed E-state index contributed by atoms with van der Waals surface area (Å²) in [5.41, 5.74) is 7.11. The fourth-order valence-electron chi connectivity index (χ4n) is 1.74. The molecule has 0 fully saturated rings. The zero-order chi connectivity index (χ0) is 14.0. The van der Waals surface area contributed by atoms with E-state index in [1.54, 1.807) is 12.1 Å². The molecule has 0 aliphatic carbocycles. The van der Waals surface area contributed by atoms with Gasteiger partial charge in [0.1, 0.15) is 6.04 Å². The Morgan fingerprint density at radius 1 is 1.58 bits per heavy atom. The molecule has 1 aliphatic rings. The van der Waals surface area contributed by atoms with Crippen LogP contribution in [0.1, 0.15) is 18.0 Å². The summed E-state index contributed by atoms with van der Waals surface area (Å²) in [6.07, 6.45) is 0.306. The minimum Gasteiger partial charge on any atom is -0.469 e. The van der Waals surface area contributed by atoms with Gasteiger partial charge in [-0.15, -0.1) is 11.8 Å². The highest BCUT2D eigenvalue weighted by molar-refractivity contribution is 7.99. The molecule has 1 atom stereocenters. The summed E-state index contributed by atoms with van der Waals surface area (Å²) in [4.78, 5) is 23.3. The van der Waals surface area contributed by atoms with E-state index >= 15 is 0 Å². The first kappa shape index (κ1) is 14.2. The van der Waals surface area contributed by atoms with E-state index in [1.165, 1.54) is 18.9 Å². The van der Waals surface area contributed by atoms with Crippen LogP contribution in [0.2, 0.25) is 5.02 Å². The molecule has 0 radical (unpaired) electrons. The number of anilines is 1. The monoisotopic (exact) mass is 300 g/mol. The van der Waals surface area contributed by atoms with E-state index in [2.05, 4.69) is 10.1 Å². The lowest BCUT2D eigenvalue weighted by molar-refractivity contribution is -0.140. The molecule has 1 aromatic carbocycles. The molecule has 1 unspecified atom stereocenters. The molecule has 0 saturated carbocycles. The summed E-state index contributed by atoms with van der Waals surface area (Å²) < 4.78 is 4.56. The number of rotatable bonds is 4. The Balaban J connectivity index is 2.09. The van der Waals surface area contributed by atoms with Crippen LogP contribution < -0.4 is 11.1 Å². The van der Waals surface area contributed by atoms with Crippen molar-refractivity contribution in [1.82, 2.24) is 0 Å². The smallest absolute Gasteiger partial charge is 0.306 e. The standard InChI is InChI=1S/C12H13ClN2O3S/c1-18-10(16)2-3-19-9-5-8-6(4-7(9)13)11(14)12(17)15-8/h4-5,11H,2-3,14H2,1H3,(H,15,17). The normalized spacial score (nSPS) is 17.0. The number of hydrogen-bond donors (Lipinski definition) is 2. The number of ether oxygens (including phenoxy) is 1. The van der Waals surface area contributed by atoms with Crippen LogP contribution in [0.3, 0.4) is 0 Å². The van der Waals surface area contributed by atoms with Crippen LogP contribution in [-0.2, 0) is 14.3 Å². The van der Waals surface area contributed by atoms with E-state index in [0.717, 1.165) is 4.90 Å². The predicted octanol–water partition coefficient (Wildman–Crippen LogP) is 1.95. The minimum atomic E-state index is -0.665. The van der Waals surface area contributed by atoms with Gasteiger partial charge in [0.15, 0.2) is 0 Å². The number of methoxy groups -OCH3 is 1. The molecule has 102 valence electrons. The molecule has 2 rings (SSSR count). The largest absolute Gasteiger partial charge is 0.469 e. The molecular weight excluding hydrogens is 288 g/mol. The van der Waals surface area contributed by atoms with Crippen LogP contribution in [0, 0.1) is 0 Å². The number of thioether (sulfide) groups is 1. The summed E-state index contributed by atoms with van der Waals surface area (Å²) in [7, 11) is 1.35. The summed E-state index contributed by atoms with van der Waals surface area (Å²) in [6, 6.07) is 2.81. The lowest BCUT2D eigenvalue weighted by Gasteiger charge is -2.08. The molecule has 3 N–H and O–H groups in total. The number of esters is 1. The molecule has 19 heavy (non-hydrogen) atoms. The number of nitrogens with two attached hydrogens (primary N) is 1. The fourth-order valence-corrected chi connectivity index (χ4v) is 2.97. The Kier molecular flexibility index (Phi) is 4.34. The summed E-state index contributed by atoms with van der Waals surface area (Å²) in [6.45, 7) is 0. The van der Waals surface area contributed by atoms with Gasteiger partial charge >= 0.3 is 5.97 Å². The molecule has 0 spiro atoms. The van der Waals surface area contributed by atoms with Crippen molar-refractivity contribution in [3.8, 4) is 0 Å². The van der Waals surface area contributed by atoms with Gasteiger partial charge in [0.25, 0.3) is 0 Å². The molecule has 0 aromatic heterocycles. The Bertz CT molecular complexity index is 536. The van der Waals surface area contributed by atoms with Gasteiger partial charge < -0.3 is 15.8 Å². The van der Waals surface area contributed by atoms with E-state index in [0.29, 0.717) is 28.4 Å². The van der Waals surface area contributed by atoms with E-state index in [-0.39, 0.29) is 11.9 Å². The first-order valence-electron chi connectivity index (χ1n) is 5.62. The number of hydrogen-bond acceptors (Lipinski definition) is 5. The molecule has 7 heteroatoms. The van der Waals surface area contributed by atoms with Crippen molar-refractivity contribution in [1.29, 1.82) is 0 Å². The van der Waals surface area contributed by atoms with Crippen LogP contribution >= 0.6 is 23.4 Å². The maximum Gasteiger partial charge on any atom is 0.306 e. The third-order valence-electron chi connectivity index (χ3n) is 2.77. The first-order chi connectivity index (χ1) is 9.02. The van der Waals surface area contributed by atoms with E-state index < -0.39 is 6.04 Å². The summed E-state index contributed by atoms with van der Waals surface area (Å²) >= 11 is 7.57. The number of carbonyl (C=O) groups is 2. The van der Waals surface area contributed by atoms with Crippen LogP contribution in [-0.4, -0.2) is 24.7 Å². The fraction of sp³-hybridized carbons (Fsp3) is 0.333. The van der Waals surface area contributed by atoms with Crippen molar-refractivity contribution in [2.24, 2.45) is 5.73 Å². The van der Waals surface area contributed by atoms with Gasteiger partial charge in [0.05, 0.1) is 18.6 Å². The van der Waals surface area contributed by atoms with Crippen molar-refractivity contribution < 1.29 is 14.3 Å². The molecular formula is C12H13ClN2O3S. The Morgan fingerprint density at radius 2 is 2.32 bits per heavy atom. The molecule has 1 heterocycles. The molecule has 0 bridgehead atoms. The Hall–Kier alpha value is -1.24. The highest BCUT2D eigenvalue weighted by Gasteiger charge is 2.28. The second kappa shape index (κ2) is 5.81. The average molecular weight is 301 g/mol. The Morgan fingerprint density at radius 3 is 3.00 bits per heavy atom. The minimum absolute atomic E-state index is 0.234. The Labute approximate surface area is 119 Å². The molecule has 0 saturated heterocycles. The summed E-state index contributed by atoms with van der Waals surface area (Å²) in [5.74, 6) is 0.0634.